The number of carbonyl (C=O) groups is 3. The third-order valence-electron chi connectivity index (χ3n) is 4.87. The Balaban J connectivity index is 0.00000137. The number of rotatable bonds is 5. The molecule has 0 fully saturated rings. The first-order valence-electron chi connectivity index (χ1n) is 10.1. The third kappa shape index (κ3) is 6.32. The summed E-state index contributed by atoms with van der Waals surface area (Å²) in [7, 11) is 0. The zero-order chi connectivity index (χ0) is 26.2. The van der Waals surface area contributed by atoms with Gasteiger partial charge in [-0.3, -0.25) is 19.6 Å². The summed E-state index contributed by atoms with van der Waals surface area (Å²) in [6.45, 7) is 1.33. The molecule has 10 nitrogen and oxygen atoms in total. The number of pyridine rings is 1. The normalized spacial score (nSPS) is 18.7. The summed E-state index contributed by atoms with van der Waals surface area (Å²) < 4.78 is 53.8. The van der Waals surface area contributed by atoms with Crippen LogP contribution < -0.4 is 11.1 Å². The van der Waals surface area contributed by atoms with Crippen molar-refractivity contribution in [3.8, 4) is 0 Å². The summed E-state index contributed by atoms with van der Waals surface area (Å²) in [5.41, 5.74) is 2.97. The van der Waals surface area contributed by atoms with Gasteiger partial charge in [0.05, 0.1) is 12.2 Å². The van der Waals surface area contributed by atoms with Crippen molar-refractivity contribution in [2.24, 2.45) is 10.7 Å². The average molecular weight is 496 g/mol. The van der Waals surface area contributed by atoms with Crippen LogP contribution in [0.1, 0.15) is 40.3 Å². The molecule has 0 saturated heterocycles. The van der Waals surface area contributed by atoms with Crippen molar-refractivity contribution in [2.75, 3.05) is 25.1 Å². The minimum atomic E-state index is -3.57. The van der Waals surface area contributed by atoms with Crippen molar-refractivity contribution in [2.45, 2.75) is 25.3 Å². The van der Waals surface area contributed by atoms with Gasteiger partial charge in [-0.25, -0.2) is 18.0 Å². The number of ether oxygens (including phenoxy) is 2. The van der Waals surface area contributed by atoms with Gasteiger partial charge in [0.15, 0.2) is 5.54 Å². The Morgan fingerprint density at radius 1 is 1.31 bits per heavy atom. The molecule has 1 amide bonds. The van der Waals surface area contributed by atoms with E-state index >= 15 is 0 Å². The Bertz CT molecular complexity index is 1110. The number of carbonyl (C=O) groups excluding carboxylic acids is 2. The number of nitrogens with two attached hydrogens (primary N) is 1. The molecule has 2 aromatic rings. The maximum Gasteiger partial charge on any atom is 0.339 e. The van der Waals surface area contributed by atoms with E-state index in [4.69, 9.17) is 25.1 Å². The average Bonchev–Trinajstić information content (AvgIpc) is 2.90. The Morgan fingerprint density at radius 2 is 2.00 bits per heavy atom. The maximum absolute atomic E-state index is 14.8. The monoisotopic (exact) mass is 496 g/mol. The Morgan fingerprint density at radius 3 is 2.60 bits per heavy atom. The van der Waals surface area contributed by atoms with Crippen LogP contribution in [0.5, 0.6) is 0 Å². The van der Waals surface area contributed by atoms with Crippen molar-refractivity contribution in [1.29, 1.82) is 0 Å². The van der Waals surface area contributed by atoms with E-state index < -0.39 is 41.3 Å². The molecule has 35 heavy (non-hydrogen) atoms. The van der Waals surface area contributed by atoms with E-state index in [1.54, 1.807) is 6.92 Å². The number of alkyl halides is 2. The van der Waals surface area contributed by atoms with E-state index in [1.807, 2.05) is 0 Å². The number of anilines is 1. The van der Waals surface area contributed by atoms with Crippen LogP contribution >= 0.6 is 0 Å². The number of benzene rings is 1. The van der Waals surface area contributed by atoms with E-state index in [9.17, 15) is 22.8 Å². The molecule has 1 aliphatic rings. The minimum absolute atomic E-state index is 0.0404. The molecule has 188 valence electrons. The Hall–Kier alpha value is -4.00. The standard InChI is InChI=1S/C21H21F3N4O4.CH2O2/c1-3-32-19(30)12-4-7-16(26-9-12)18(29)27-13-5-6-15(22)14(8-13)20(2)21(23,24)11-31-10-17(25)28-20;2-1-3/h4-9H,3,10-11H2,1-2H3,(H2,25,28)(H,27,29);1H,(H,2,3)/t20-;/m0./s1. The van der Waals surface area contributed by atoms with Crippen molar-refractivity contribution in [3.63, 3.8) is 0 Å². The van der Waals surface area contributed by atoms with E-state index in [1.165, 1.54) is 24.4 Å². The Kier molecular flexibility index (Phi) is 8.89. The van der Waals surface area contributed by atoms with Crippen LogP contribution in [0, 0.1) is 5.82 Å². The molecule has 2 heterocycles. The van der Waals surface area contributed by atoms with Crippen molar-refractivity contribution in [3.05, 3.63) is 59.2 Å². The van der Waals surface area contributed by atoms with Crippen LogP contribution in [-0.2, 0) is 19.8 Å². The summed E-state index contributed by atoms with van der Waals surface area (Å²) in [5, 5.41) is 9.36. The first kappa shape index (κ1) is 27.2. The number of nitrogens with zero attached hydrogens (tertiary/aromatic N) is 2. The Labute approximate surface area is 198 Å². The number of hydrogen-bond donors (Lipinski definition) is 3. The fraction of sp³-hybridized carbons (Fsp3) is 0.318. The number of nitrogens with one attached hydrogen (secondary N) is 1. The molecule has 3 rings (SSSR count). The molecule has 0 spiro atoms. The lowest BCUT2D eigenvalue weighted by molar-refractivity contribution is -0.122. The van der Waals surface area contributed by atoms with Crippen LogP contribution in [0.25, 0.3) is 0 Å². The molecule has 13 heteroatoms. The first-order chi connectivity index (χ1) is 16.5. The number of halogens is 3. The molecule has 1 aromatic heterocycles. The van der Waals surface area contributed by atoms with Gasteiger partial charge < -0.3 is 25.6 Å². The molecule has 0 bridgehead atoms. The highest BCUT2D eigenvalue weighted by molar-refractivity contribution is 6.03. The van der Waals surface area contributed by atoms with Gasteiger partial charge >= 0.3 is 5.97 Å². The second-order valence-corrected chi connectivity index (χ2v) is 7.28. The van der Waals surface area contributed by atoms with Crippen LogP contribution in [0.3, 0.4) is 0 Å². The largest absolute Gasteiger partial charge is 0.483 e. The van der Waals surface area contributed by atoms with E-state index in [-0.39, 0.29) is 42.5 Å². The van der Waals surface area contributed by atoms with Gasteiger partial charge in [0.1, 0.15) is 30.6 Å². The summed E-state index contributed by atoms with van der Waals surface area (Å²) >= 11 is 0. The topological polar surface area (TPSA) is 153 Å². The number of aromatic nitrogens is 1. The third-order valence-corrected chi connectivity index (χ3v) is 4.87. The van der Waals surface area contributed by atoms with E-state index in [2.05, 4.69) is 15.3 Å². The van der Waals surface area contributed by atoms with Gasteiger partial charge in [0.25, 0.3) is 18.3 Å². The van der Waals surface area contributed by atoms with Crippen LogP contribution in [0.15, 0.2) is 41.5 Å². The highest BCUT2D eigenvalue weighted by Gasteiger charge is 2.54. The van der Waals surface area contributed by atoms with Gasteiger partial charge in [-0.1, -0.05) is 0 Å². The summed E-state index contributed by atoms with van der Waals surface area (Å²) in [6, 6.07) is 5.89. The molecule has 0 unspecified atom stereocenters. The number of hydrogen-bond acceptors (Lipinski definition) is 8. The van der Waals surface area contributed by atoms with Gasteiger partial charge in [-0.15, -0.1) is 0 Å². The molecule has 0 aliphatic carbocycles. The maximum atomic E-state index is 14.8. The number of amides is 1. The lowest BCUT2D eigenvalue weighted by Gasteiger charge is -2.33. The molecular weight excluding hydrogens is 473 g/mol. The van der Waals surface area contributed by atoms with Crippen LogP contribution in [0.2, 0.25) is 0 Å². The highest BCUT2D eigenvalue weighted by atomic mass is 19.3. The summed E-state index contributed by atoms with van der Waals surface area (Å²) in [4.78, 5) is 40.3. The van der Waals surface area contributed by atoms with Crippen molar-refractivity contribution >= 4 is 29.9 Å². The van der Waals surface area contributed by atoms with Crippen LogP contribution in [-0.4, -0.2) is 60.0 Å². The fourth-order valence-corrected chi connectivity index (χ4v) is 3.12. The molecule has 4 N–H and O–H groups in total. The lowest BCUT2D eigenvalue weighted by Crippen LogP contribution is -2.45. The number of aliphatic imine (C=N–C) groups is 1. The van der Waals surface area contributed by atoms with Crippen molar-refractivity contribution in [1.82, 2.24) is 4.98 Å². The number of esters is 1. The molecule has 1 aromatic carbocycles. The molecule has 0 radical (unpaired) electrons. The van der Waals surface area contributed by atoms with Crippen molar-refractivity contribution < 1.29 is 42.1 Å². The predicted octanol–water partition coefficient (Wildman–Crippen LogP) is 2.59. The SMILES string of the molecule is CCOC(=O)c1ccc(C(=O)Nc2ccc(F)c([C@]3(C)N=C(N)COCC3(F)F)c2)nc1.O=CO. The zero-order valence-electron chi connectivity index (χ0n) is 18.8. The quantitative estimate of drug-likeness (QED) is 0.422. The first-order valence-corrected chi connectivity index (χ1v) is 10.1. The summed E-state index contributed by atoms with van der Waals surface area (Å²) in [6.07, 6.45) is 1.17. The number of amidine groups is 1. The fourth-order valence-electron chi connectivity index (χ4n) is 3.12. The predicted molar refractivity (Wildman–Crippen MR) is 118 cm³/mol. The highest BCUT2D eigenvalue weighted by Crippen LogP contribution is 2.44. The molecular formula is C22H23F3N4O6. The van der Waals surface area contributed by atoms with Gasteiger partial charge in [0.2, 0.25) is 0 Å². The second-order valence-electron chi connectivity index (χ2n) is 7.28. The minimum Gasteiger partial charge on any atom is -0.483 e. The molecule has 1 aliphatic heterocycles. The van der Waals surface area contributed by atoms with Crippen LogP contribution in [0.4, 0.5) is 18.9 Å². The van der Waals surface area contributed by atoms with Gasteiger partial charge in [0, 0.05) is 17.4 Å². The van der Waals surface area contributed by atoms with Gasteiger partial charge in [-0.2, -0.15) is 0 Å². The smallest absolute Gasteiger partial charge is 0.339 e. The van der Waals surface area contributed by atoms with E-state index in [0.717, 1.165) is 19.1 Å². The molecule has 0 saturated carbocycles. The van der Waals surface area contributed by atoms with Gasteiger partial charge in [-0.05, 0) is 44.2 Å². The van der Waals surface area contributed by atoms with E-state index in [0.29, 0.717) is 0 Å². The summed E-state index contributed by atoms with van der Waals surface area (Å²) in [5.74, 6) is -5.99. The molecule has 1 atom stereocenters. The number of carboxylic acid groups (broad SMARTS) is 1. The lowest BCUT2D eigenvalue weighted by atomic mass is 9.85. The zero-order valence-corrected chi connectivity index (χ0v) is 18.8. The second kappa shape index (κ2) is 11.4.